The molecule has 0 N–H and O–H groups in total. The van der Waals surface area contributed by atoms with Gasteiger partial charge in [0.2, 0.25) is 0 Å². The molecule has 0 heterocycles. The molecule has 0 saturated carbocycles. The smallest absolute Gasteiger partial charge is 0.306 e. The second kappa shape index (κ2) is 54.4. The van der Waals surface area contributed by atoms with Gasteiger partial charge >= 0.3 is 11.9 Å². The van der Waals surface area contributed by atoms with Gasteiger partial charge in [-0.1, -0.05) is 228 Å². The predicted octanol–water partition coefficient (Wildman–Crippen LogP) is 18.5. The maximum absolute atomic E-state index is 12.8. The molecule has 64 heavy (non-hydrogen) atoms. The number of carbonyl (C=O) groups is 2. The second-order valence-electron chi connectivity index (χ2n) is 17.8. The Kier molecular flexibility index (Phi) is 51.9. The van der Waals surface area contributed by atoms with Crippen LogP contribution >= 0.6 is 0 Å². The van der Waals surface area contributed by atoms with Crippen LogP contribution in [0.15, 0.2) is 85.1 Å². The van der Waals surface area contributed by atoms with E-state index in [1.807, 2.05) is 0 Å². The summed E-state index contributed by atoms with van der Waals surface area (Å²) in [6.45, 7) is 7.65. The van der Waals surface area contributed by atoms with Crippen LogP contribution in [0.3, 0.4) is 0 Å². The lowest BCUT2D eigenvalue weighted by Crippen LogP contribution is -2.30. The van der Waals surface area contributed by atoms with Gasteiger partial charge < -0.3 is 14.2 Å². The number of hydrogen-bond donors (Lipinski definition) is 0. The van der Waals surface area contributed by atoms with Gasteiger partial charge in [-0.2, -0.15) is 0 Å². The molecule has 0 aliphatic rings. The summed E-state index contributed by atoms with van der Waals surface area (Å²) < 4.78 is 17.4. The summed E-state index contributed by atoms with van der Waals surface area (Å²) in [5.41, 5.74) is 0. The minimum atomic E-state index is -0.553. The zero-order chi connectivity index (χ0) is 46.3. The molecule has 0 rings (SSSR count). The van der Waals surface area contributed by atoms with Crippen molar-refractivity contribution in [1.82, 2.24) is 0 Å². The monoisotopic (exact) mass is 891 g/mol. The first-order valence-electron chi connectivity index (χ1n) is 27.1. The summed E-state index contributed by atoms with van der Waals surface area (Å²) >= 11 is 0. The predicted molar refractivity (Wildman–Crippen MR) is 279 cm³/mol. The van der Waals surface area contributed by atoms with Gasteiger partial charge in [0.05, 0.1) is 6.61 Å². The summed E-state index contributed by atoms with van der Waals surface area (Å²) in [6, 6.07) is 0. The van der Waals surface area contributed by atoms with Crippen LogP contribution in [0, 0.1) is 0 Å². The van der Waals surface area contributed by atoms with E-state index in [1.54, 1.807) is 0 Å². The summed E-state index contributed by atoms with van der Waals surface area (Å²) in [5, 5.41) is 0. The van der Waals surface area contributed by atoms with Gasteiger partial charge in [0, 0.05) is 19.4 Å². The van der Waals surface area contributed by atoms with Crippen molar-refractivity contribution in [3.63, 3.8) is 0 Å². The first-order chi connectivity index (χ1) is 31.6. The highest BCUT2D eigenvalue weighted by Gasteiger charge is 2.17. The van der Waals surface area contributed by atoms with E-state index in [0.717, 1.165) is 96.3 Å². The molecule has 0 saturated heterocycles. The van der Waals surface area contributed by atoms with E-state index in [9.17, 15) is 9.59 Å². The van der Waals surface area contributed by atoms with E-state index >= 15 is 0 Å². The SMILES string of the molecule is CC/C=C\C/C=C\C/C=C\C/C=C\CCCCCCC(=O)OCC(COCCCCCCCCC/C=C\C/C=C\C/C=C\CCCCC)OC(=O)CCCCCCCCCCCCC. The lowest BCUT2D eigenvalue weighted by Gasteiger charge is -2.18. The molecule has 1 unspecified atom stereocenters. The number of ether oxygens (including phenoxy) is 3. The molecule has 0 aliphatic carbocycles. The second-order valence-corrected chi connectivity index (χ2v) is 17.8. The molecule has 0 spiro atoms. The van der Waals surface area contributed by atoms with Gasteiger partial charge in [-0.15, -0.1) is 0 Å². The Hall–Kier alpha value is -2.92. The number of unbranched alkanes of at least 4 members (excludes halogenated alkanes) is 24. The quantitative estimate of drug-likeness (QED) is 0.0346. The van der Waals surface area contributed by atoms with Crippen LogP contribution in [-0.2, 0) is 23.8 Å². The Bertz CT molecular complexity index is 1190. The lowest BCUT2D eigenvalue weighted by molar-refractivity contribution is -0.163. The van der Waals surface area contributed by atoms with Crippen LogP contribution in [0.5, 0.6) is 0 Å². The first-order valence-corrected chi connectivity index (χ1v) is 27.1. The molecule has 1 atom stereocenters. The molecule has 0 radical (unpaired) electrons. The van der Waals surface area contributed by atoms with E-state index in [4.69, 9.17) is 14.2 Å². The van der Waals surface area contributed by atoms with Crippen molar-refractivity contribution >= 4 is 11.9 Å². The average Bonchev–Trinajstić information content (AvgIpc) is 3.30. The maximum Gasteiger partial charge on any atom is 0.306 e. The molecule has 368 valence electrons. The molecule has 0 bridgehead atoms. The number of rotatable bonds is 49. The van der Waals surface area contributed by atoms with E-state index in [1.165, 1.54) is 122 Å². The van der Waals surface area contributed by atoms with Crippen LogP contribution in [-0.4, -0.2) is 37.9 Å². The molecule has 0 aromatic carbocycles. The van der Waals surface area contributed by atoms with Crippen LogP contribution in [0.1, 0.15) is 252 Å². The van der Waals surface area contributed by atoms with Gasteiger partial charge in [-0.05, 0) is 96.3 Å². The molecule has 5 heteroatoms. The van der Waals surface area contributed by atoms with Crippen molar-refractivity contribution in [3.8, 4) is 0 Å². The Morgan fingerprint density at radius 1 is 0.359 bits per heavy atom. The Balaban J connectivity index is 4.29. The van der Waals surface area contributed by atoms with Crippen molar-refractivity contribution < 1.29 is 23.8 Å². The van der Waals surface area contributed by atoms with Crippen molar-refractivity contribution in [2.75, 3.05) is 19.8 Å². The normalized spacial score (nSPS) is 12.9. The van der Waals surface area contributed by atoms with Gasteiger partial charge in [0.25, 0.3) is 0 Å². The van der Waals surface area contributed by atoms with Crippen LogP contribution in [0.2, 0.25) is 0 Å². The Morgan fingerprint density at radius 2 is 0.703 bits per heavy atom. The standard InChI is InChI=1S/C59H102O5/c1-4-7-10-13-16-19-22-24-26-28-29-30-32-34-36-39-42-45-48-51-54-62-55-57(64-59(61)53-50-47-44-41-37-21-18-15-12-9-6-3)56-63-58(60)52-49-46-43-40-38-35-33-31-27-25-23-20-17-14-11-8-5-2/h8,11,16-17,19-20,24-27,29-30,33,35,57H,4-7,9-10,12-15,18,21-23,28,31-32,34,36-56H2,1-3H3/b11-8-,19-16-,20-17-,26-24-,27-25-,30-29-,35-33-. The third-order valence-corrected chi connectivity index (χ3v) is 11.4. The average molecular weight is 891 g/mol. The Morgan fingerprint density at radius 3 is 1.16 bits per heavy atom. The maximum atomic E-state index is 12.8. The fourth-order valence-corrected chi connectivity index (χ4v) is 7.39. The van der Waals surface area contributed by atoms with Crippen LogP contribution in [0.25, 0.3) is 0 Å². The molecule has 5 nitrogen and oxygen atoms in total. The fraction of sp³-hybridized carbons (Fsp3) is 0.729. The van der Waals surface area contributed by atoms with Crippen LogP contribution in [0.4, 0.5) is 0 Å². The highest BCUT2D eigenvalue weighted by atomic mass is 16.6. The molecular formula is C59H102O5. The fourth-order valence-electron chi connectivity index (χ4n) is 7.39. The lowest BCUT2D eigenvalue weighted by atomic mass is 10.1. The number of allylic oxidation sites excluding steroid dienone is 14. The van der Waals surface area contributed by atoms with Gasteiger partial charge in [0.15, 0.2) is 6.10 Å². The van der Waals surface area contributed by atoms with Gasteiger partial charge in [0.1, 0.15) is 6.61 Å². The number of carbonyl (C=O) groups excluding carboxylic acids is 2. The molecule has 0 aromatic rings. The topological polar surface area (TPSA) is 61.8 Å². The van der Waals surface area contributed by atoms with Crippen molar-refractivity contribution in [2.45, 2.75) is 258 Å². The zero-order valence-electron chi connectivity index (χ0n) is 42.3. The van der Waals surface area contributed by atoms with E-state index in [0.29, 0.717) is 19.4 Å². The summed E-state index contributed by atoms with van der Waals surface area (Å²) in [4.78, 5) is 25.4. The molecule has 0 aromatic heterocycles. The van der Waals surface area contributed by atoms with Crippen molar-refractivity contribution in [3.05, 3.63) is 85.1 Å². The summed E-state index contributed by atoms with van der Waals surface area (Å²) in [5.74, 6) is -0.428. The summed E-state index contributed by atoms with van der Waals surface area (Å²) in [7, 11) is 0. The Labute approximate surface area is 397 Å². The van der Waals surface area contributed by atoms with E-state index in [2.05, 4.69) is 106 Å². The molecule has 0 aliphatic heterocycles. The van der Waals surface area contributed by atoms with Gasteiger partial charge in [-0.3, -0.25) is 9.59 Å². The third kappa shape index (κ3) is 51.7. The van der Waals surface area contributed by atoms with E-state index in [-0.39, 0.29) is 25.2 Å². The van der Waals surface area contributed by atoms with Crippen molar-refractivity contribution in [2.24, 2.45) is 0 Å². The minimum absolute atomic E-state index is 0.0669. The zero-order valence-corrected chi connectivity index (χ0v) is 42.3. The highest BCUT2D eigenvalue weighted by molar-refractivity contribution is 5.70. The van der Waals surface area contributed by atoms with Crippen LogP contribution < -0.4 is 0 Å². The first kappa shape index (κ1) is 61.1. The molecular weight excluding hydrogens is 789 g/mol. The number of esters is 2. The van der Waals surface area contributed by atoms with Gasteiger partial charge in [-0.25, -0.2) is 0 Å². The summed E-state index contributed by atoms with van der Waals surface area (Å²) in [6.07, 6.45) is 71.6. The minimum Gasteiger partial charge on any atom is -0.462 e. The van der Waals surface area contributed by atoms with E-state index < -0.39 is 6.10 Å². The largest absolute Gasteiger partial charge is 0.462 e. The third-order valence-electron chi connectivity index (χ3n) is 11.4. The number of hydrogen-bond acceptors (Lipinski definition) is 5. The molecule has 0 amide bonds. The van der Waals surface area contributed by atoms with Crippen molar-refractivity contribution in [1.29, 1.82) is 0 Å². The molecule has 0 fully saturated rings. The highest BCUT2D eigenvalue weighted by Crippen LogP contribution is 2.14.